The van der Waals surface area contributed by atoms with Gasteiger partial charge >= 0.3 is 0 Å². The van der Waals surface area contributed by atoms with Gasteiger partial charge in [0.2, 0.25) is 5.91 Å². The molecule has 0 aromatic heterocycles. The second kappa shape index (κ2) is 8.44. The minimum Gasteiger partial charge on any atom is -0.497 e. The van der Waals surface area contributed by atoms with Crippen molar-refractivity contribution in [3.63, 3.8) is 0 Å². The maximum Gasteiger partial charge on any atom is 0.230 e. The van der Waals surface area contributed by atoms with Gasteiger partial charge in [-0.05, 0) is 29.3 Å². The van der Waals surface area contributed by atoms with Crippen LogP contribution >= 0.6 is 11.8 Å². The number of carbonyl (C=O) groups excluding carboxylic acids is 1. The van der Waals surface area contributed by atoms with Gasteiger partial charge in [-0.2, -0.15) is 0 Å². The summed E-state index contributed by atoms with van der Waals surface area (Å²) < 4.78 is 18.5. The molecule has 22 heavy (non-hydrogen) atoms. The molecule has 0 heterocycles. The number of ether oxygens (including phenoxy) is 1. The molecule has 3 nitrogen and oxygen atoms in total. The molecule has 0 fully saturated rings. The van der Waals surface area contributed by atoms with Crippen molar-refractivity contribution in [2.24, 2.45) is 0 Å². The number of hydrogen-bond donors (Lipinski definition) is 1. The summed E-state index contributed by atoms with van der Waals surface area (Å²) in [6.07, 6.45) is 0. The summed E-state index contributed by atoms with van der Waals surface area (Å²) in [5.41, 5.74) is 1.63. The molecule has 0 bridgehead atoms. The number of nitrogens with one attached hydrogen (secondary N) is 1. The van der Waals surface area contributed by atoms with E-state index in [2.05, 4.69) is 5.32 Å². The molecule has 2 rings (SSSR count). The number of thioether (sulfide) groups is 1. The molecule has 116 valence electrons. The quantitative estimate of drug-likeness (QED) is 0.850. The topological polar surface area (TPSA) is 38.3 Å². The Morgan fingerprint density at radius 2 is 1.91 bits per heavy atom. The lowest BCUT2D eigenvalue weighted by atomic mass is 10.2. The van der Waals surface area contributed by atoms with Crippen LogP contribution < -0.4 is 10.1 Å². The minimum absolute atomic E-state index is 0.0582. The lowest BCUT2D eigenvalue weighted by molar-refractivity contribution is -0.118. The normalized spacial score (nSPS) is 10.3. The van der Waals surface area contributed by atoms with Crippen LogP contribution in [0.15, 0.2) is 48.5 Å². The maximum atomic E-state index is 13.4. The van der Waals surface area contributed by atoms with Crippen molar-refractivity contribution >= 4 is 17.7 Å². The van der Waals surface area contributed by atoms with Crippen LogP contribution in [0.2, 0.25) is 0 Å². The van der Waals surface area contributed by atoms with Gasteiger partial charge in [-0.3, -0.25) is 4.79 Å². The van der Waals surface area contributed by atoms with E-state index in [1.54, 1.807) is 25.3 Å². The van der Waals surface area contributed by atoms with Crippen molar-refractivity contribution < 1.29 is 13.9 Å². The zero-order valence-electron chi connectivity index (χ0n) is 12.3. The lowest BCUT2D eigenvalue weighted by Gasteiger charge is -2.07. The van der Waals surface area contributed by atoms with Gasteiger partial charge in [0.1, 0.15) is 11.6 Å². The first-order valence-corrected chi connectivity index (χ1v) is 8.05. The molecular formula is C17H18FNO2S. The SMILES string of the molecule is COc1ccc(CNC(=O)CSCc2ccccc2F)cc1. The fraction of sp³-hybridized carbons (Fsp3) is 0.235. The van der Waals surface area contributed by atoms with Crippen molar-refractivity contribution in [2.75, 3.05) is 12.9 Å². The highest BCUT2D eigenvalue weighted by atomic mass is 32.2. The first kappa shape index (κ1) is 16.4. The van der Waals surface area contributed by atoms with Crippen LogP contribution in [0.4, 0.5) is 4.39 Å². The van der Waals surface area contributed by atoms with Crippen molar-refractivity contribution in [1.82, 2.24) is 5.32 Å². The molecule has 0 atom stereocenters. The van der Waals surface area contributed by atoms with E-state index in [4.69, 9.17) is 4.74 Å². The standard InChI is InChI=1S/C17H18FNO2S/c1-21-15-8-6-13(7-9-15)10-19-17(20)12-22-11-14-4-2-3-5-16(14)18/h2-9H,10-12H2,1H3,(H,19,20). The Morgan fingerprint density at radius 3 is 2.59 bits per heavy atom. The summed E-state index contributed by atoms with van der Waals surface area (Å²) >= 11 is 1.40. The van der Waals surface area contributed by atoms with E-state index in [1.807, 2.05) is 24.3 Å². The van der Waals surface area contributed by atoms with E-state index in [-0.39, 0.29) is 11.7 Å². The Hall–Kier alpha value is -2.01. The Morgan fingerprint density at radius 1 is 1.18 bits per heavy atom. The van der Waals surface area contributed by atoms with Crippen molar-refractivity contribution in [2.45, 2.75) is 12.3 Å². The zero-order chi connectivity index (χ0) is 15.8. The van der Waals surface area contributed by atoms with Gasteiger partial charge in [0.15, 0.2) is 0 Å². The number of hydrogen-bond acceptors (Lipinski definition) is 3. The molecular weight excluding hydrogens is 301 g/mol. The van der Waals surface area contributed by atoms with E-state index in [9.17, 15) is 9.18 Å². The molecule has 0 saturated heterocycles. The number of methoxy groups -OCH3 is 1. The molecule has 0 unspecified atom stereocenters. The molecule has 0 aliphatic rings. The summed E-state index contributed by atoms with van der Waals surface area (Å²) in [6, 6.07) is 14.1. The van der Waals surface area contributed by atoms with Gasteiger partial charge < -0.3 is 10.1 Å². The van der Waals surface area contributed by atoms with E-state index >= 15 is 0 Å². The average Bonchev–Trinajstić information content (AvgIpc) is 2.55. The maximum absolute atomic E-state index is 13.4. The molecule has 1 amide bonds. The fourth-order valence-electron chi connectivity index (χ4n) is 1.86. The molecule has 2 aromatic rings. The number of halogens is 1. The highest BCUT2D eigenvalue weighted by Gasteiger charge is 2.05. The first-order valence-electron chi connectivity index (χ1n) is 6.90. The average molecular weight is 319 g/mol. The Bertz CT molecular complexity index is 616. The smallest absolute Gasteiger partial charge is 0.230 e. The van der Waals surface area contributed by atoms with Gasteiger partial charge in [0.05, 0.1) is 12.9 Å². The second-order valence-electron chi connectivity index (χ2n) is 4.71. The Kier molecular flexibility index (Phi) is 6.27. The molecule has 0 aliphatic carbocycles. The third-order valence-electron chi connectivity index (χ3n) is 3.10. The fourth-order valence-corrected chi connectivity index (χ4v) is 2.71. The minimum atomic E-state index is -0.228. The van der Waals surface area contributed by atoms with E-state index in [0.29, 0.717) is 23.6 Å². The van der Waals surface area contributed by atoms with Crippen LogP contribution in [0, 0.1) is 5.82 Å². The molecule has 1 N–H and O–H groups in total. The Labute approximate surface area is 133 Å². The predicted octanol–water partition coefficient (Wildman–Crippen LogP) is 3.38. The highest BCUT2D eigenvalue weighted by molar-refractivity contribution is 7.99. The first-order chi connectivity index (χ1) is 10.7. The van der Waals surface area contributed by atoms with Crippen LogP contribution in [0.1, 0.15) is 11.1 Å². The van der Waals surface area contributed by atoms with Crippen LogP contribution in [-0.4, -0.2) is 18.8 Å². The molecule has 5 heteroatoms. The summed E-state index contributed by atoms with van der Waals surface area (Å²) in [5, 5.41) is 2.84. The van der Waals surface area contributed by atoms with Crippen molar-refractivity contribution in [3.05, 3.63) is 65.5 Å². The molecule has 0 spiro atoms. The third-order valence-corrected chi connectivity index (χ3v) is 4.08. The van der Waals surface area contributed by atoms with E-state index < -0.39 is 0 Å². The van der Waals surface area contributed by atoms with Gasteiger partial charge in [-0.25, -0.2) is 4.39 Å². The van der Waals surface area contributed by atoms with Crippen LogP contribution in [-0.2, 0) is 17.1 Å². The second-order valence-corrected chi connectivity index (χ2v) is 5.69. The van der Waals surface area contributed by atoms with Gasteiger partial charge in [0.25, 0.3) is 0 Å². The number of carbonyl (C=O) groups is 1. The monoisotopic (exact) mass is 319 g/mol. The van der Waals surface area contributed by atoms with E-state index in [1.165, 1.54) is 17.8 Å². The third kappa shape index (κ3) is 5.07. The van der Waals surface area contributed by atoms with Crippen LogP contribution in [0.5, 0.6) is 5.75 Å². The van der Waals surface area contributed by atoms with Crippen molar-refractivity contribution in [3.8, 4) is 5.75 Å². The van der Waals surface area contributed by atoms with Gasteiger partial charge in [0, 0.05) is 12.3 Å². The lowest BCUT2D eigenvalue weighted by Crippen LogP contribution is -2.24. The summed E-state index contributed by atoms with van der Waals surface area (Å²) in [6.45, 7) is 0.475. The number of amides is 1. The van der Waals surface area contributed by atoms with Crippen LogP contribution in [0.25, 0.3) is 0 Å². The zero-order valence-corrected chi connectivity index (χ0v) is 13.2. The Balaban J connectivity index is 1.70. The molecule has 0 aliphatic heterocycles. The molecule has 0 radical (unpaired) electrons. The largest absolute Gasteiger partial charge is 0.497 e. The van der Waals surface area contributed by atoms with E-state index in [0.717, 1.165) is 11.3 Å². The summed E-state index contributed by atoms with van der Waals surface area (Å²) in [5.74, 6) is 1.30. The molecule has 2 aromatic carbocycles. The van der Waals surface area contributed by atoms with Gasteiger partial charge in [-0.1, -0.05) is 30.3 Å². The highest BCUT2D eigenvalue weighted by Crippen LogP contribution is 2.15. The summed E-state index contributed by atoms with van der Waals surface area (Å²) in [4.78, 5) is 11.8. The number of benzene rings is 2. The van der Waals surface area contributed by atoms with Gasteiger partial charge in [-0.15, -0.1) is 11.8 Å². The van der Waals surface area contributed by atoms with Crippen LogP contribution in [0.3, 0.4) is 0 Å². The van der Waals surface area contributed by atoms with Crippen molar-refractivity contribution in [1.29, 1.82) is 0 Å². The molecule has 0 saturated carbocycles. The number of rotatable bonds is 7. The predicted molar refractivity (Wildman–Crippen MR) is 87.4 cm³/mol. The summed E-state index contributed by atoms with van der Waals surface area (Å²) in [7, 11) is 1.61.